The molecule has 1 heterocycles. The van der Waals surface area contributed by atoms with Crippen molar-refractivity contribution in [2.24, 2.45) is 11.7 Å². The highest BCUT2D eigenvalue weighted by molar-refractivity contribution is 4.74. The van der Waals surface area contributed by atoms with Crippen LogP contribution >= 0.6 is 0 Å². The van der Waals surface area contributed by atoms with E-state index < -0.39 is 0 Å². The van der Waals surface area contributed by atoms with Crippen LogP contribution in [0.3, 0.4) is 0 Å². The Morgan fingerprint density at radius 1 is 1.55 bits per heavy atom. The Morgan fingerprint density at radius 2 is 2.36 bits per heavy atom. The molecule has 1 rings (SSSR count). The van der Waals surface area contributed by atoms with Crippen molar-refractivity contribution in [1.82, 2.24) is 4.90 Å². The van der Waals surface area contributed by atoms with Crippen molar-refractivity contribution in [2.75, 3.05) is 32.8 Å². The predicted octanol–water partition coefficient (Wildman–Crippen LogP) is -0.351. The maximum Gasteiger partial charge on any atom is 0.0471 e. The van der Waals surface area contributed by atoms with Crippen LogP contribution in [0, 0.1) is 5.92 Å². The lowest BCUT2D eigenvalue weighted by Crippen LogP contribution is -2.24. The molecule has 0 aliphatic carbocycles. The summed E-state index contributed by atoms with van der Waals surface area (Å²) in [7, 11) is 0. The number of aliphatic hydroxyl groups excluding tert-OH is 1. The highest BCUT2D eigenvalue weighted by Crippen LogP contribution is 2.14. The van der Waals surface area contributed by atoms with Gasteiger partial charge in [0, 0.05) is 13.2 Å². The van der Waals surface area contributed by atoms with Gasteiger partial charge in [-0.1, -0.05) is 0 Å². The van der Waals surface area contributed by atoms with Crippen LogP contribution in [-0.4, -0.2) is 42.8 Å². The van der Waals surface area contributed by atoms with E-state index in [-0.39, 0.29) is 0 Å². The quantitative estimate of drug-likeness (QED) is 0.588. The van der Waals surface area contributed by atoms with Crippen LogP contribution in [0.2, 0.25) is 0 Å². The smallest absolute Gasteiger partial charge is 0.0471 e. The molecule has 0 amide bonds. The largest absolute Gasteiger partial charge is 0.396 e. The fourth-order valence-corrected chi connectivity index (χ4v) is 1.58. The molecule has 1 aliphatic rings. The zero-order valence-electron chi connectivity index (χ0n) is 7.00. The molecule has 1 aliphatic heterocycles. The molecule has 0 aromatic rings. The summed E-state index contributed by atoms with van der Waals surface area (Å²) in [5.41, 5.74) is 5.40. The minimum atomic E-state index is 0.346. The Morgan fingerprint density at radius 3 is 2.91 bits per heavy atom. The molecular formula is C8H18N2O. The van der Waals surface area contributed by atoms with E-state index in [4.69, 9.17) is 10.8 Å². The van der Waals surface area contributed by atoms with Crippen molar-refractivity contribution in [1.29, 1.82) is 0 Å². The molecule has 3 N–H and O–H groups in total. The Labute approximate surface area is 68.2 Å². The molecule has 11 heavy (non-hydrogen) atoms. The Hall–Kier alpha value is -0.120. The van der Waals surface area contributed by atoms with E-state index in [0.717, 1.165) is 39.0 Å². The van der Waals surface area contributed by atoms with Gasteiger partial charge in [0.15, 0.2) is 0 Å². The normalized spacial score (nSPS) is 26.2. The van der Waals surface area contributed by atoms with Gasteiger partial charge in [-0.05, 0) is 38.4 Å². The minimum absolute atomic E-state index is 0.346. The zero-order valence-corrected chi connectivity index (χ0v) is 7.00. The number of likely N-dealkylation sites (tertiary alicyclic amines) is 1. The van der Waals surface area contributed by atoms with E-state index in [2.05, 4.69) is 4.90 Å². The molecule has 3 heteroatoms. The van der Waals surface area contributed by atoms with E-state index in [9.17, 15) is 0 Å². The number of aliphatic hydroxyl groups is 1. The Balaban J connectivity index is 2.09. The Bertz CT molecular complexity index is 108. The second-order valence-corrected chi connectivity index (χ2v) is 3.28. The van der Waals surface area contributed by atoms with Crippen molar-refractivity contribution in [3.63, 3.8) is 0 Å². The van der Waals surface area contributed by atoms with Crippen LogP contribution in [0.1, 0.15) is 12.8 Å². The highest BCUT2D eigenvalue weighted by atomic mass is 16.3. The molecule has 0 aromatic heterocycles. The number of rotatable bonds is 4. The van der Waals surface area contributed by atoms with Crippen LogP contribution in [-0.2, 0) is 0 Å². The summed E-state index contributed by atoms with van der Waals surface area (Å²) in [6, 6.07) is 0. The summed E-state index contributed by atoms with van der Waals surface area (Å²) in [5, 5.41) is 8.86. The molecule has 1 fully saturated rings. The minimum Gasteiger partial charge on any atom is -0.396 e. The van der Waals surface area contributed by atoms with Gasteiger partial charge in [0.2, 0.25) is 0 Å². The molecule has 0 radical (unpaired) electrons. The first kappa shape index (κ1) is 8.97. The van der Waals surface area contributed by atoms with Gasteiger partial charge in [-0.25, -0.2) is 0 Å². The van der Waals surface area contributed by atoms with Crippen molar-refractivity contribution in [2.45, 2.75) is 12.8 Å². The molecule has 0 aromatic carbocycles. The lowest BCUT2D eigenvalue weighted by Gasteiger charge is -2.13. The lowest BCUT2D eigenvalue weighted by atomic mass is 10.1. The molecule has 0 saturated carbocycles. The molecule has 0 bridgehead atoms. The van der Waals surface area contributed by atoms with Crippen molar-refractivity contribution in [3.05, 3.63) is 0 Å². The predicted molar refractivity (Wildman–Crippen MR) is 45.3 cm³/mol. The summed E-state index contributed by atoms with van der Waals surface area (Å²) in [6.45, 7) is 4.44. The van der Waals surface area contributed by atoms with Crippen LogP contribution in [0.15, 0.2) is 0 Å². The SMILES string of the molecule is NCCCN1CC[C@@H](CO)C1. The van der Waals surface area contributed by atoms with Crippen molar-refractivity contribution < 1.29 is 5.11 Å². The third kappa shape index (κ3) is 2.77. The van der Waals surface area contributed by atoms with E-state index in [1.165, 1.54) is 0 Å². The fourth-order valence-electron chi connectivity index (χ4n) is 1.58. The van der Waals surface area contributed by atoms with Gasteiger partial charge in [-0.3, -0.25) is 0 Å². The topological polar surface area (TPSA) is 49.5 Å². The highest BCUT2D eigenvalue weighted by Gasteiger charge is 2.20. The fraction of sp³-hybridized carbons (Fsp3) is 1.00. The van der Waals surface area contributed by atoms with Crippen LogP contribution in [0.4, 0.5) is 0 Å². The standard InChI is InChI=1S/C8H18N2O/c9-3-1-4-10-5-2-8(6-10)7-11/h8,11H,1-7,9H2/t8-/m1/s1. The van der Waals surface area contributed by atoms with Gasteiger partial charge in [-0.2, -0.15) is 0 Å². The number of hydrogen-bond donors (Lipinski definition) is 2. The van der Waals surface area contributed by atoms with E-state index >= 15 is 0 Å². The average Bonchev–Trinajstić information content (AvgIpc) is 2.48. The van der Waals surface area contributed by atoms with Crippen molar-refractivity contribution in [3.8, 4) is 0 Å². The van der Waals surface area contributed by atoms with Crippen LogP contribution in [0.25, 0.3) is 0 Å². The van der Waals surface area contributed by atoms with E-state index in [1.807, 2.05) is 0 Å². The molecule has 0 spiro atoms. The third-order valence-electron chi connectivity index (χ3n) is 2.31. The lowest BCUT2D eigenvalue weighted by molar-refractivity contribution is 0.221. The molecule has 0 unspecified atom stereocenters. The molecule has 1 saturated heterocycles. The summed E-state index contributed by atoms with van der Waals surface area (Å²) in [4.78, 5) is 2.38. The second-order valence-electron chi connectivity index (χ2n) is 3.28. The van der Waals surface area contributed by atoms with Gasteiger partial charge in [0.1, 0.15) is 0 Å². The van der Waals surface area contributed by atoms with Gasteiger partial charge >= 0.3 is 0 Å². The summed E-state index contributed by atoms with van der Waals surface area (Å²) in [5.74, 6) is 0.521. The third-order valence-corrected chi connectivity index (χ3v) is 2.31. The van der Waals surface area contributed by atoms with Crippen molar-refractivity contribution >= 4 is 0 Å². The van der Waals surface area contributed by atoms with E-state index in [0.29, 0.717) is 12.5 Å². The molecule has 1 atom stereocenters. The summed E-state index contributed by atoms with van der Waals surface area (Å²) < 4.78 is 0. The van der Waals surface area contributed by atoms with Gasteiger partial charge in [0.25, 0.3) is 0 Å². The average molecular weight is 158 g/mol. The van der Waals surface area contributed by atoms with Gasteiger partial charge in [0.05, 0.1) is 0 Å². The Kier molecular flexibility index (Phi) is 3.83. The summed E-state index contributed by atoms with van der Waals surface area (Å²) in [6.07, 6.45) is 2.24. The van der Waals surface area contributed by atoms with Crippen LogP contribution < -0.4 is 5.73 Å². The first-order chi connectivity index (χ1) is 5.36. The van der Waals surface area contributed by atoms with E-state index in [1.54, 1.807) is 0 Å². The maximum atomic E-state index is 8.86. The molecule has 66 valence electrons. The van der Waals surface area contributed by atoms with Gasteiger partial charge in [-0.15, -0.1) is 0 Å². The number of hydrogen-bond acceptors (Lipinski definition) is 3. The summed E-state index contributed by atoms with van der Waals surface area (Å²) >= 11 is 0. The first-order valence-electron chi connectivity index (χ1n) is 4.40. The molecule has 3 nitrogen and oxygen atoms in total. The number of nitrogens with zero attached hydrogens (tertiary/aromatic N) is 1. The zero-order chi connectivity index (χ0) is 8.10. The first-order valence-corrected chi connectivity index (χ1v) is 4.40. The maximum absolute atomic E-state index is 8.86. The monoisotopic (exact) mass is 158 g/mol. The molecular weight excluding hydrogens is 140 g/mol. The number of nitrogens with two attached hydrogens (primary N) is 1. The van der Waals surface area contributed by atoms with Gasteiger partial charge < -0.3 is 15.7 Å². The second kappa shape index (κ2) is 4.70. The van der Waals surface area contributed by atoms with Crippen LogP contribution in [0.5, 0.6) is 0 Å².